The molecule has 0 aliphatic carbocycles. The summed E-state index contributed by atoms with van der Waals surface area (Å²) in [6.45, 7) is 17.7. The molecular formula is C36H50FN7O3S. The van der Waals surface area contributed by atoms with E-state index in [4.69, 9.17) is 0 Å². The number of nitrogens with zero attached hydrogens (tertiary/aromatic N) is 6. The molecule has 5 heterocycles. The van der Waals surface area contributed by atoms with Gasteiger partial charge >= 0.3 is 5.69 Å². The summed E-state index contributed by atoms with van der Waals surface area (Å²) < 4.78 is 17.5. The van der Waals surface area contributed by atoms with Gasteiger partial charge in [-0.2, -0.15) is 0 Å². The Morgan fingerprint density at radius 3 is 2.35 bits per heavy atom. The van der Waals surface area contributed by atoms with Gasteiger partial charge in [-0.05, 0) is 63.6 Å². The quantitative estimate of drug-likeness (QED) is 0.357. The second kappa shape index (κ2) is 13.5. The Labute approximate surface area is 287 Å². The topological polar surface area (TPSA) is 97.8 Å². The maximum atomic E-state index is 15.8. The summed E-state index contributed by atoms with van der Waals surface area (Å²) in [5.74, 6) is -0.377. The number of para-hydroxylation sites is 1. The van der Waals surface area contributed by atoms with Crippen LogP contribution in [0, 0.1) is 11.2 Å². The molecule has 1 aromatic carbocycles. The van der Waals surface area contributed by atoms with Gasteiger partial charge < -0.3 is 14.7 Å². The number of pyridine rings is 1. The van der Waals surface area contributed by atoms with Crippen LogP contribution in [0.25, 0.3) is 11.2 Å². The predicted octanol–water partition coefficient (Wildman–Crippen LogP) is 5.42. The zero-order chi connectivity index (χ0) is 34.4. The fourth-order valence-electron chi connectivity index (χ4n) is 7.30. The molecule has 0 bridgehead atoms. The number of amides is 2. The van der Waals surface area contributed by atoms with E-state index < -0.39 is 5.25 Å². The van der Waals surface area contributed by atoms with Crippen LogP contribution in [0.4, 0.5) is 10.1 Å². The third-order valence-electron chi connectivity index (χ3n) is 10.1. The molecule has 3 saturated heterocycles. The lowest BCUT2D eigenvalue weighted by Crippen LogP contribution is -2.53. The number of nitrogens with one attached hydrogen (secondary N) is 1. The van der Waals surface area contributed by atoms with Gasteiger partial charge in [0.25, 0.3) is 0 Å². The summed E-state index contributed by atoms with van der Waals surface area (Å²) in [6.07, 6.45) is 3.85. The van der Waals surface area contributed by atoms with Crippen molar-refractivity contribution in [2.75, 3.05) is 50.7 Å². The molecule has 2 amide bonds. The Morgan fingerprint density at radius 2 is 1.69 bits per heavy atom. The van der Waals surface area contributed by atoms with Gasteiger partial charge in [0, 0.05) is 75.6 Å². The number of piperazine rings is 1. The van der Waals surface area contributed by atoms with Crippen molar-refractivity contribution in [3.63, 3.8) is 0 Å². The first-order chi connectivity index (χ1) is 22.7. The van der Waals surface area contributed by atoms with Crippen LogP contribution in [-0.2, 0) is 9.59 Å². The molecular weight excluding hydrogens is 630 g/mol. The number of hydrogen-bond donors (Lipinski definition) is 1. The van der Waals surface area contributed by atoms with Crippen molar-refractivity contribution >= 4 is 40.4 Å². The first-order valence-electron chi connectivity index (χ1n) is 17.3. The van der Waals surface area contributed by atoms with Gasteiger partial charge in [-0.15, -0.1) is 11.8 Å². The van der Waals surface area contributed by atoms with Gasteiger partial charge in [-0.3, -0.25) is 24.0 Å². The van der Waals surface area contributed by atoms with E-state index in [2.05, 4.69) is 61.3 Å². The number of carbonyl (C=O) groups excluding carboxylic acids is 2. The van der Waals surface area contributed by atoms with Crippen molar-refractivity contribution in [3.05, 3.63) is 58.4 Å². The van der Waals surface area contributed by atoms with Crippen LogP contribution in [0.1, 0.15) is 84.2 Å². The number of rotatable bonds is 7. The first-order valence-corrected chi connectivity index (χ1v) is 18.2. The summed E-state index contributed by atoms with van der Waals surface area (Å²) in [4.78, 5) is 55.9. The average Bonchev–Trinajstić information content (AvgIpc) is 3.54. The number of H-pyrrole nitrogens is 1. The van der Waals surface area contributed by atoms with Crippen molar-refractivity contribution in [2.24, 2.45) is 5.41 Å². The Kier molecular flexibility index (Phi) is 9.70. The van der Waals surface area contributed by atoms with Crippen molar-refractivity contribution < 1.29 is 14.0 Å². The second-order valence-electron chi connectivity index (χ2n) is 15.6. The summed E-state index contributed by atoms with van der Waals surface area (Å²) in [5, 5.41) is -0.923. The molecule has 0 saturated carbocycles. The number of likely N-dealkylation sites (tertiary alicyclic amines) is 1. The van der Waals surface area contributed by atoms with E-state index in [9.17, 15) is 14.4 Å². The zero-order valence-corrected chi connectivity index (χ0v) is 30.0. The monoisotopic (exact) mass is 679 g/mol. The summed E-state index contributed by atoms with van der Waals surface area (Å²) in [5.41, 5.74) is 2.59. The lowest BCUT2D eigenvalue weighted by molar-refractivity contribution is -0.136. The largest absolute Gasteiger partial charge is 0.366 e. The Bertz CT molecular complexity index is 1690. The summed E-state index contributed by atoms with van der Waals surface area (Å²) in [6, 6.07) is 8.89. The zero-order valence-electron chi connectivity index (χ0n) is 29.2. The molecule has 3 aliphatic rings. The number of imidazole rings is 1. The van der Waals surface area contributed by atoms with Gasteiger partial charge in [0.2, 0.25) is 11.8 Å². The number of fused-ring (bicyclic) bond motifs is 1. The van der Waals surface area contributed by atoms with E-state index in [1.54, 1.807) is 16.8 Å². The molecule has 48 heavy (non-hydrogen) atoms. The molecule has 3 aliphatic heterocycles. The first kappa shape index (κ1) is 34.5. The minimum Gasteiger partial charge on any atom is -0.366 e. The van der Waals surface area contributed by atoms with Gasteiger partial charge in [0.05, 0.1) is 16.5 Å². The molecule has 3 fully saturated rings. The van der Waals surface area contributed by atoms with E-state index in [0.717, 1.165) is 30.6 Å². The highest BCUT2D eigenvalue weighted by Gasteiger charge is 2.44. The van der Waals surface area contributed by atoms with E-state index in [1.165, 1.54) is 17.8 Å². The highest BCUT2D eigenvalue weighted by atomic mass is 32.2. The maximum Gasteiger partial charge on any atom is 0.327 e. The number of carbonyl (C=O) groups is 2. The van der Waals surface area contributed by atoms with E-state index >= 15 is 4.39 Å². The highest BCUT2D eigenvalue weighted by Crippen LogP contribution is 2.48. The standard InChI is InChI=1S/C36H50FN7O3S/c1-35(2,3)14-18-43-32(46)28(23-29(45)40-16-12-24(13-17-40)44-27-11-8-15-38-31(27)39-34(44)47)48-33(43)25-9-7-10-26(37)30(25)41-19-21-42(22-20-41)36(4,5)6/h7-11,15,24,28,33H,12-14,16-23H2,1-6H3,(H,38,39,47)/t28-,33?/m0/s1. The number of anilines is 1. The summed E-state index contributed by atoms with van der Waals surface area (Å²) >= 11 is 1.49. The minimum atomic E-state index is -0.545. The number of aromatic nitrogens is 3. The fraction of sp³-hybridized carbons (Fsp3) is 0.611. The van der Waals surface area contributed by atoms with E-state index in [1.807, 2.05) is 28.0 Å². The molecule has 12 heteroatoms. The third kappa shape index (κ3) is 7.15. The molecule has 0 spiro atoms. The Balaban J connectivity index is 1.18. The third-order valence-corrected chi connectivity index (χ3v) is 11.6. The minimum absolute atomic E-state index is 0.00458. The van der Waals surface area contributed by atoms with Crippen molar-refractivity contribution in [3.8, 4) is 0 Å². The van der Waals surface area contributed by atoms with Crippen LogP contribution >= 0.6 is 11.8 Å². The number of hydrogen-bond acceptors (Lipinski definition) is 7. The van der Waals surface area contributed by atoms with Gasteiger partial charge in [-0.1, -0.05) is 32.9 Å². The summed E-state index contributed by atoms with van der Waals surface area (Å²) in [7, 11) is 0. The molecule has 6 rings (SSSR count). The average molecular weight is 680 g/mol. The Morgan fingerprint density at radius 1 is 0.979 bits per heavy atom. The smallest absolute Gasteiger partial charge is 0.327 e. The van der Waals surface area contributed by atoms with Gasteiger partial charge in [0.15, 0.2) is 5.65 Å². The molecule has 3 aromatic rings. The number of halogens is 1. The molecule has 10 nitrogen and oxygen atoms in total. The lowest BCUT2D eigenvalue weighted by atomic mass is 9.92. The van der Waals surface area contributed by atoms with Crippen molar-refractivity contribution in [1.82, 2.24) is 29.2 Å². The van der Waals surface area contributed by atoms with Crippen molar-refractivity contribution in [2.45, 2.75) is 89.4 Å². The Hall–Kier alpha value is -3.38. The number of aromatic amines is 1. The van der Waals surface area contributed by atoms with E-state index in [-0.39, 0.29) is 52.1 Å². The highest BCUT2D eigenvalue weighted by molar-refractivity contribution is 8.01. The van der Waals surface area contributed by atoms with Gasteiger partial charge in [0.1, 0.15) is 11.2 Å². The van der Waals surface area contributed by atoms with Crippen LogP contribution < -0.4 is 10.6 Å². The van der Waals surface area contributed by atoms with Crippen LogP contribution in [-0.4, -0.2) is 97.7 Å². The fourth-order valence-corrected chi connectivity index (χ4v) is 8.79. The molecule has 1 N–H and O–H groups in total. The van der Waals surface area contributed by atoms with Crippen LogP contribution in [0.3, 0.4) is 0 Å². The van der Waals surface area contributed by atoms with E-state index in [0.29, 0.717) is 56.9 Å². The molecule has 1 unspecified atom stereocenters. The maximum absolute atomic E-state index is 15.8. The SMILES string of the molecule is CC(C)(C)CCN1C(=O)[C@H](CC(=O)N2CCC(n3c(=O)[nH]c4ncccc43)CC2)SC1c1cccc(F)c1N1CCN(C(C)(C)C)CC1. The number of thioether (sulfide) groups is 1. The lowest BCUT2D eigenvalue weighted by Gasteiger charge is -2.43. The van der Waals surface area contributed by atoms with Gasteiger partial charge in [-0.25, -0.2) is 14.2 Å². The molecule has 0 radical (unpaired) electrons. The molecule has 2 atom stereocenters. The van der Waals surface area contributed by atoms with Crippen LogP contribution in [0.15, 0.2) is 41.3 Å². The second-order valence-corrected chi connectivity index (χ2v) is 16.9. The van der Waals surface area contributed by atoms with Crippen LogP contribution in [0.2, 0.25) is 0 Å². The number of benzene rings is 1. The van der Waals surface area contributed by atoms with Crippen molar-refractivity contribution in [1.29, 1.82) is 0 Å². The normalized spacial score (nSPS) is 21.9. The molecule has 2 aromatic heterocycles. The van der Waals surface area contributed by atoms with Crippen LogP contribution in [0.5, 0.6) is 0 Å². The predicted molar refractivity (Wildman–Crippen MR) is 190 cm³/mol. The number of piperidine rings is 1. The molecule has 260 valence electrons.